The molecule has 1 aliphatic carbocycles. The first kappa shape index (κ1) is 13.7. The van der Waals surface area contributed by atoms with Gasteiger partial charge in [-0.2, -0.15) is 0 Å². The van der Waals surface area contributed by atoms with Crippen LogP contribution in [-0.4, -0.2) is 19.1 Å². The van der Waals surface area contributed by atoms with Crippen LogP contribution in [0.5, 0.6) is 0 Å². The first-order chi connectivity index (χ1) is 10.3. The molecule has 108 valence electrons. The quantitative estimate of drug-likeness (QED) is 0.876. The molecule has 3 rings (SSSR count). The predicted molar refractivity (Wildman–Crippen MR) is 83.7 cm³/mol. The van der Waals surface area contributed by atoms with E-state index in [0.717, 1.165) is 24.9 Å². The third-order valence-electron chi connectivity index (χ3n) is 4.04. The number of methoxy groups -OCH3 is 1. The molecule has 3 nitrogen and oxygen atoms in total. The second-order valence-electron chi connectivity index (χ2n) is 5.39. The van der Waals surface area contributed by atoms with Gasteiger partial charge in [0.2, 0.25) is 0 Å². The van der Waals surface area contributed by atoms with Crippen molar-refractivity contribution in [3.63, 3.8) is 0 Å². The van der Waals surface area contributed by atoms with E-state index in [9.17, 15) is 4.79 Å². The molecular formula is C18H19NO2. The minimum absolute atomic E-state index is 0.297. The number of hydrogen-bond donors (Lipinski definition) is 1. The summed E-state index contributed by atoms with van der Waals surface area (Å²) in [7, 11) is 1.41. The number of hydrogen-bond acceptors (Lipinski definition) is 3. The predicted octanol–water partition coefficient (Wildman–Crippen LogP) is 3.44. The number of rotatable bonds is 3. The van der Waals surface area contributed by atoms with Crippen LogP contribution in [0.25, 0.3) is 0 Å². The molecule has 1 atom stereocenters. The standard InChI is InChI=1S/C18H19NO2/c1-21-18(20)16-8-4-5-9-17(16)19-15-11-10-13-6-2-3-7-14(13)12-15/h2-9,15,19H,10-12H2,1H3. The Labute approximate surface area is 124 Å². The summed E-state index contributed by atoms with van der Waals surface area (Å²) in [5.74, 6) is -0.297. The first-order valence-corrected chi connectivity index (χ1v) is 7.28. The summed E-state index contributed by atoms with van der Waals surface area (Å²) in [6, 6.07) is 16.5. The Balaban J connectivity index is 1.78. The lowest BCUT2D eigenvalue weighted by Crippen LogP contribution is -2.28. The zero-order valence-electron chi connectivity index (χ0n) is 12.1. The average molecular weight is 281 g/mol. The lowest BCUT2D eigenvalue weighted by Gasteiger charge is -2.27. The molecule has 3 heteroatoms. The van der Waals surface area contributed by atoms with Gasteiger partial charge in [-0.15, -0.1) is 0 Å². The fourth-order valence-electron chi connectivity index (χ4n) is 2.94. The molecule has 2 aromatic rings. The number of fused-ring (bicyclic) bond motifs is 1. The highest BCUT2D eigenvalue weighted by molar-refractivity contribution is 5.95. The summed E-state index contributed by atoms with van der Waals surface area (Å²) in [4.78, 5) is 11.8. The highest BCUT2D eigenvalue weighted by atomic mass is 16.5. The monoisotopic (exact) mass is 281 g/mol. The molecule has 0 bridgehead atoms. The number of aryl methyl sites for hydroxylation is 1. The molecule has 0 saturated heterocycles. The Morgan fingerprint density at radius 3 is 2.62 bits per heavy atom. The lowest BCUT2D eigenvalue weighted by molar-refractivity contribution is 0.0602. The molecule has 21 heavy (non-hydrogen) atoms. The van der Waals surface area contributed by atoms with E-state index in [4.69, 9.17) is 4.74 Å². The number of anilines is 1. The number of esters is 1. The Hall–Kier alpha value is -2.29. The van der Waals surface area contributed by atoms with E-state index >= 15 is 0 Å². The summed E-state index contributed by atoms with van der Waals surface area (Å²) in [6.07, 6.45) is 3.15. The van der Waals surface area contributed by atoms with Crippen LogP contribution < -0.4 is 5.32 Å². The van der Waals surface area contributed by atoms with E-state index in [0.29, 0.717) is 11.6 Å². The molecule has 1 N–H and O–H groups in total. The van der Waals surface area contributed by atoms with E-state index in [2.05, 4.69) is 29.6 Å². The van der Waals surface area contributed by atoms with Gasteiger partial charge in [-0.25, -0.2) is 4.79 Å². The number of carbonyl (C=O) groups excluding carboxylic acids is 1. The van der Waals surface area contributed by atoms with Crippen LogP contribution in [0.1, 0.15) is 27.9 Å². The van der Waals surface area contributed by atoms with Gasteiger partial charge in [-0.05, 0) is 42.5 Å². The van der Waals surface area contributed by atoms with Crippen LogP contribution >= 0.6 is 0 Å². The van der Waals surface area contributed by atoms with E-state index in [1.54, 1.807) is 6.07 Å². The zero-order valence-corrected chi connectivity index (χ0v) is 12.1. The minimum Gasteiger partial charge on any atom is -0.465 e. The second-order valence-corrected chi connectivity index (χ2v) is 5.39. The van der Waals surface area contributed by atoms with Gasteiger partial charge < -0.3 is 10.1 Å². The van der Waals surface area contributed by atoms with Crippen molar-refractivity contribution in [3.05, 3.63) is 65.2 Å². The summed E-state index contributed by atoms with van der Waals surface area (Å²) in [6.45, 7) is 0. The molecule has 0 aromatic heterocycles. The Morgan fingerprint density at radius 1 is 1.10 bits per heavy atom. The SMILES string of the molecule is COC(=O)c1ccccc1NC1CCc2ccccc2C1. The number of nitrogens with one attached hydrogen (secondary N) is 1. The van der Waals surface area contributed by atoms with Gasteiger partial charge in [0.15, 0.2) is 0 Å². The van der Waals surface area contributed by atoms with Crippen molar-refractivity contribution in [1.82, 2.24) is 0 Å². The maximum atomic E-state index is 11.8. The van der Waals surface area contributed by atoms with Crippen molar-refractivity contribution >= 4 is 11.7 Å². The molecule has 0 radical (unpaired) electrons. The molecule has 2 aromatic carbocycles. The van der Waals surface area contributed by atoms with Crippen LogP contribution in [0, 0.1) is 0 Å². The van der Waals surface area contributed by atoms with Crippen molar-refractivity contribution in [1.29, 1.82) is 0 Å². The topological polar surface area (TPSA) is 38.3 Å². The molecule has 0 saturated carbocycles. The van der Waals surface area contributed by atoms with E-state index in [1.807, 2.05) is 18.2 Å². The van der Waals surface area contributed by atoms with Gasteiger partial charge in [0.1, 0.15) is 0 Å². The Bertz CT molecular complexity index is 651. The summed E-state index contributed by atoms with van der Waals surface area (Å²) in [5.41, 5.74) is 4.29. The third kappa shape index (κ3) is 2.92. The molecule has 0 heterocycles. The fourth-order valence-corrected chi connectivity index (χ4v) is 2.94. The Morgan fingerprint density at radius 2 is 1.81 bits per heavy atom. The smallest absolute Gasteiger partial charge is 0.339 e. The van der Waals surface area contributed by atoms with Crippen molar-refractivity contribution < 1.29 is 9.53 Å². The second kappa shape index (κ2) is 6.00. The van der Waals surface area contributed by atoms with Gasteiger partial charge in [0, 0.05) is 11.7 Å². The zero-order chi connectivity index (χ0) is 14.7. The van der Waals surface area contributed by atoms with E-state index < -0.39 is 0 Å². The maximum absolute atomic E-state index is 11.8. The fraction of sp³-hybridized carbons (Fsp3) is 0.278. The van der Waals surface area contributed by atoms with E-state index in [-0.39, 0.29) is 5.97 Å². The van der Waals surface area contributed by atoms with Crippen molar-refractivity contribution in [2.45, 2.75) is 25.3 Å². The van der Waals surface area contributed by atoms with Crippen LogP contribution in [0.3, 0.4) is 0 Å². The molecule has 1 unspecified atom stereocenters. The van der Waals surface area contributed by atoms with Crippen LogP contribution in [-0.2, 0) is 17.6 Å². The maximum Gasteiger partial charge on any atom is 0.339 e. The number of ether oxygens (including phenoxy) is 1. The van der Waals surface area contributed by atoms with E-state index in [1.165, 1.54) is 18.2 Å². The Kier molecular flexibility index (Phi) is 3.91. The minimum atomic E-state index is -0.297. The van der Waals surface area contributed by atoms with Crippen LogP contribution in [0.2, 0.25) is 0 Å². The third-order valence-corrected chi connectivity index (χ3v) is 4.04. The number of para-hydroxylation sites is 1. The van der Waals surface area contributed by atoms with Crippen molar-refractivity contribution in [2.24, 2.45) is 0 Å². The highest BCUT2D eigenvalue weighted by Crippen LogP contribution is 2.25. The summed E-state index contributed by atoms with van der Waals surface area (Å²) < 4.78 is 4.84. The number of carbonyl (C=O) groups is 1. The highest BCUT2D eigenvalue weighted by Gasteiger charge is 2.20. The normalized spacial score (nSPS) is 16.9. The van der Waals surface area contributed by atoms with Crippen LogP contribution in [0.4, 0.5) is 5.69 Å². The molecule has 0 fully saturated rings. The molecule has 0 amide bonds. The average Bonchev–Trinajstić information content (AvgIpc) is 2.54. The molecule has 0 spiro atoms. The van der Waals surface area contributed by atoms with Gasteiger partial charge in [-0.1, -0.05) is 36.4 Å². The van der Waals surface area contributed by atoms with Crippen LogP contribution in [0.15, 0.2) is 48.5 Å². The summed E-state index contributed by atoms with van der Waals surface area (Å²) in [5, 5.41) is 3.50. The van der Waals surface area contributed by atoms with Gasteiger partial charge in [0.05, 0.1) is 12.7 Å². The van der Waals surface area contributed by atoms with Gasteiger partial charge in [0.25, 0.3) is 0 Å². The lowest BCUT2D eigenvalue weighted by atomic mass is 9.88. The molecule has 0 aliphatic heterocycles. The number of benzene rings is 2. The molecular weight excluding hydrogens is 262 g/mol. The van der Waals surface area contributed by atoms with Crippen molar-refractivity contribution in [2.75, 3.05) is 12.4 Å². The largest absolute Gasteiger partial charge is 0.465 e. The summed E-state index contributed by atoms with van der Waals surface area (Å²) >= 11 is 0. The molecule has 1 aliphatic rings. The van der Waals surface area contributed by atoms with Gasteiger partial charge in [-0.3, -0.25) is 0 Å². The first-order valence-electron chi connectivity index (χ1n) is 7.28. The van der Waals surface area contributed by atoms with Gasteiger partial charge >= 0.3 is 5.97 Å². The van der Waals surface area contributed by atoms with Crippen molar-refractivity contribution in [3.8, 4) is 0 Å².